The van der Waals surface area contributed by atoms with Gasteiger partial charge in [0.1, 0.15) is 0 Å². The molecule has 0 fully saturated rings. The molecule has 0 radical (unpaired) electrons. The Hall–Kier alpha value is 1.91. The molecule has 0 aliphatic carbocycles. The van der Waals surface area contributed by atoms with Gasteiger partial charge in [0.2, 0.25) is 0 Å². The molecule has 0 amide bonds. The summed E-state index contributed by atoms with van der Waals surface area (Å²) in [7, 11) is 0. The van der Waals surface area contributed by atoms with Crippen LogP contribution in [0.2, 0.25) is 0 Å². The first-order valence-corrected chi connectivity index (χ1v) is 3.50. The van der Waals surface area contributed by atoms with E-state index >= 15 is 0 Å². The number of hydrogen-bond acceptors (Lipinski definition) is 1. The van der Waals surface area contributed by atoms with Gasteiger partial charge in [0, 0.05) is 0 Å². The summed E-state index contributed by atoms with van der Waals surface area (Å²) in [4.78, 5) is 0. The van der Waals surface area contributed by atoms with E-state index in [9.17, 15) is 0 Å². The zero-order valence-corrected chi connectivity index (χ0v) is 7.19. The maximum absolute atomic E-state index is 2.76. The third-order valence-electron chi connectivity index (χ3n) is 0. The average molecular weight is 333 g/mol. The molecule has 0 heterocycles. The average Bonchev–Trinajstić information content (AvgIpc) is 1.00. The first kappa shape index (κ1) is 16.8. The van der Waals surface area contributed by atoms with E-state index in [1.807, 2.05) is 0 Å². The molecule has 0 aromatic rings. The molecule has 34 valence electrons. The van der Waals surface area contributed by atoms with Crippen LogP contribution in [0.3, 0.4) is 0 Å². The van der Waals surface area contributed by atoms with E-state index in [2.05, 4.69) is 32.0 Å². The van der Waals surface area contributed by atoms with Crippen LogP contribution in [0, 0.1) is 0 Å². The van der Waals surface area contributed by atoms with Crippen LogP contribution >= 0.6 is 37.0 Å². The first-order valence-electron chi connectivity index (χ1n) is 0.114. The van der Waals surface area contributed by atoms with Crippen molar-refractivity contribution in [1.82, 2.24) is 6.15 Å². The molecule has 0 aliphatic heterocycles. The summed E-state index contributed by atoms with van der Waals surface area (Å²) < 4.78 is 0. The summed E-state index contributed by atoms with van der Waals surface area (Å²) >= 11 is 5.51. The SMILES string of the molecule is I.N.[Br][Ag]. The van der Waals surface area contributed by atoms with Gasteiger partial charge in [-0.3, -0.25) is 0 Å². The molecule has 1 nitrogen and oxygen atoms in total. The molecule has 0 aromatic carbocycles. The molecule has 4 heavy (non-hydrogen) atoms. The third-order valence-corrected chi connectivity index (χ3v) is 0. The van der Waals surface area contributed by atoms with Gasteiger partial charge in [-0.2, -0.15) is 0 Å². The van der Waals surface area contributed by atoms with Crippen molar-refractivity contribution < 1.29 is 18.9 Å². The molecular formula is H4AgBrIN. The molecule has 0 aromatic heterocycles. The molecule has 0 atom stereocenters. The predicted molar refractivity (Wildman–Crippen MR) is 29.4 cm³/mol. The number of hydrogen-bond donors (Lipinski definition) is 1. The van der Waals surface area contributed by atoms with Gasteiger partial charge in [0.25, 0.3) is 0 Å². The van der Waals surface area contributed by atoms with Crippen LogP contribution < -0.4 is 6.15 Å². The summed E-state index contributed by atoms with van der Waals surface area (Å²) in [5.74, 6) is 0. The Kier molecular flexibility index (Phi) is 86.5. The first-order chi connectivity index (χ1) is 1.00. The summed E-state index contributed by atoms with van der Waals surface area (Å²) in [5.41, 5.74) is 0. The van der Waals surface area contributed by atoms with Gasteiger partial charge in [0.15, 0.2) is 0 Å². The zero-order chi connectivity index (χ0) is 2.00. The number of halogens is 2. The Morgan fingerprint density at radius 2 is 1.25 bits per heavy atom. The third kappa shape index (κ3) is 9.08. The van der Waals surface area contributed by atoms with Crippen molar-refractivity contribution in [2.24, 2.45) is 0 Å². The zero-order valence-electron chi connectivity index (χ0n) is 1.79. The van der Waals surface area contributed by atoms with Crippen LogP contribution in [0.4, 0.5) is 0 Å². The second kappa shape index (κ2) is 20.6. The second-order valence-corrected chi connectivity index (χ2v) is 0. The Morgan fingerprint density at radius 1 is 1.25 bits per heavy atom. The van der Waals surface area contributed by atoms with Crippen LogP contribution in [-0.2, 0) is 18.9 Å². The minimum atomic E-state index is 0. The molecule has 0 saturated carbocycles. The van der Waals surface area contributed by atoms with Crippen LogP contribution in [0.15, 0.2) is 0 Å². The van der Waals surface area contributed by atoms with Gasteiger partial charge < -0.3 is 6.15 Å². The Morgan fingerprint density at radius 3 is 1.25 bits per heavy atom. The molecule has 0 rings (SSSR count). The fourth-order valence-electron chi connectivity index (χ4n) is 0. The van der Waals surface area contributed by atoms with E-state index < -0.39 is 0 Å². The minimum absolute atomic E-state index is 0. The molecule has 4 heteroatoms. The van der Waals surface area contributed by atoms with Crippen LogP contribution in [0.5, 0.6) is 0 Å². The Balaban J connectivity index is -0.00000000500. The fourth-order valence-corrected chi connectivity index (χ4v) is 0. The van der Waals surface area contributed by atoms with Crippen LogP contribution in [0.25, 0.3) is 0 Å². The fraction of sp³-hybridized carbons (Fsp3) is 0. The summed E-state index contributed by atoms with van der Waals surface area (Å²) in [6.45, 7) is 0. The van der Waals surface area contributed by atoms with Gasteiger partial charge in [-0.05, 0) is 0 Å². The summed E-state index contributed by atoms with van der Waals surface area (Å²) in [6.07, 6.45) is 0. The van der Waals surface area contributed by atoms with Crippen LogP contribution in [-0.4, -0.2) is 0 Å². The van der Waals surface area contributed by atoms with Gasteiger partial charge in [-0.15, -0.1) is 24.0 Å². The van der Waals surface area contributed by atoms with Gasteiger partial charge >= 0.3 is 32.0 Å². The maximum atomic E-state index is 2.76. The van der Waals surface area contributed by atoms with E-state index in [4.69, 9.17) is 0 Å². The van der Waals surface area contributed by atoms with Gasteiger partial charge in [0.05, 0.1) is 0 Å². The molecule has 0 saturated heterocycles. The molecule has 0 spiro atoms. The van der Waals surface area contributed by atoms with Gasteiger partial charge in [-0.1, -0.05) is 0 Å². The molecule has 0 unspecified atom stereocenters. The van der Waals surface area contributed by atoms with E-state index in [0.29, 0.717) is 0 Å². The monoisotopic (exact) mass is 331 g/mol. The standard InChI is InChI=1S/Ag.BrH.HI.H3N/h;2*1H;1H3/q+1;;;/p-1. The molecule has 0 aliphatic rings. The van der Waals surface area contributed by atoms with Crippen molar-refractivity contribution in [3.63, 3.8) is 0 Å². The van der Waals surface area contributed by atoms with Crippen molar-refractivity contribution in [1.29, 1.82) is 0 Å². The van der Waals surface area contributed by atoms with Crippen molar-refractivity contribution in [3.05, 3.63) is 0 Å². The summed E-state index contributed by atoms with van der Waals surface area (Å²) in [6, 6.07) is 0. The van der Waals surface area contributed by atoms with Crippen molar-refractivity contribution in [2.45, 2.75) is 0 Å². The Bertz CT molecular complexity index is 8.00. The van der Waals surface area contributed by atoms with Crippen molar-refractivity contribution in [3.8, 4) is 0 Å². The van der Waals surface area contributed by atoms with E-state index in [-0.39, 0.29) is 30.1 Å². The quantitative estimate of drug-likeness (QED) is 0.531. The van der Waals surface area contributed by atoms with Crippen LogP contribution in [0.1, 0.15) is 0 Å². The molecule has 0 bridgehead atoms. The normalized spacial score (nSPS) is 1.75. The predicted octanol–water partition coefficient (Wildman–Crippen LogP) is 1.62. The van der Waals surface area contributed by atoms with E-state index in [0.717, 1.165) is 0 Å². The second-order valence-electron chi connectivity index (χ2n) is 0. The molecule has 3 N–H and O–H groups in total. The van der Waals surface area contributed by atoms with Crippen molar-refractivity contribution >= 4 is 37.0 Å². The van der Waals surface area contributed by atoms with E-state index in [1.165, 1.54) is 0 Å². The van der Waals surface area contributed by atoms with E-state index in [1.54, 1.807) is 0 Å². The van der Waals surface area contributed by atoms with Gasteiger partial charge in [-0.25, -0.2) is 0 Å². The molecular weight excluding hydrogens is 329 g/mol. The number of rotatable bonds is 0. The Labute approximate surface area is 61.4 Å². The van der Waals surface area contributed by atoms with Crippen molar-refractivity contribution in [2.75, 3.05) is 0 Å². The topological polar surface area (TPSA) is 35.0 Å². The summed E-state index contributed by atoms with van der Waals surface area (Å²) in [5, 5.41) is 0.